The highest BCUT2D eigenvalue weighted by atomic mass is 35.5. The van der Waals surface area contributed by atoms with Gasteiger partial charge in [-0.1, -0.05) is 32.4 Å². The summed E-state index contributed by atoms with van der Waals surface area (Å²) < 4.78 is 11.1. The van der Waals surface area contributed by atoms with Gasteiger partial charge in [-0.2, -0.15) is 0 Å². The van der Waals surface area contributed by atoms with E-state index in [1.165, 1.54) is 18.0 Å². The van der Waals surface area contributed by atoms with Crippen molar-refractivity contribution in [1.29, 1.82) is 0 Å². The zero-order valence-electron chi connectivity index (χ0n) is 19.6. The van der Waals surface area contributed by atoms with Crippen molar-refractivity contribution >= 4 is 29.6 Å². The lowest BCUT2D eigenvalue weighted by atomic mass is 9.85. The molecule has 1 aliphatic heterocycles. The van der Waals surface area contributed by atoms with E-state index in [2.05, 4.69) is 10.3 Å². The van der Waals surface area contributed by atoms with Gasteiger partial charge in [-0.15, -0.1) is 0 Å². The van der Waals surface area contributed by atoms with Crippen LogP contribution in [0, 0.1) is 5.41 Å². The standard InChI is InChI=1S/C22H32ClN3O6/c1-20(2,3)16(25-19(30)32-21(4,5)6)17(27)26-12-14(10-22(26,7)18(28)29)31-15-9-8-13(23)11-24-15/h8-9,11,14,16H,10,12H2,1-7H3,(H,25,30)(H,28,29)/t14-,16?,22+/m1/s1. The first-order valence-electron chi connectivity index (χ1n) is 10.4. The van der Waals surface area contributed by atoms with Crippen LogP contribution in [-0.2, 0) is 14.3 Å². The number of aromatic nitrogens is 1. The van der Waals surface area contributed by atoms with E-state index in [1.807, 2.05) is 0 Å². The number of nitrogens with zero attached hydrogens (tertiary/aromatic N) is 2. The topological polar surface area (TPSA) is 118 Å². The number of pyridine rings is 1. The van der Waals surface area contributed by atoms with Crippen molar-refractivity contribution in [2.24, 2.45) is 5.41 Å². The smallest absolute Gasteiger partial charge is 0.408 e. The second-order valence-electron chi connectivity index (χ2n) is 10.2. The lowest BCUT2D eigenvalue weighted by Gasteiger charge is -2.38. The molecule has 2 rings (SSSR count). The molecule has 2 N–H and O–H groups in total. The Kier molecular flexibility index (Phi) is 7.34. The Bertz CT molecular complexity index is 862. The number of hydrogen-bond donors (Lipinski definition) is 2. The number of carboxylic acids is 1. The second kappa shape index (κ2) is 9.13. The maximum atomic E-state index is 13.6. The number of halogens is 1. The Morgan fingerprint density at radius 3 is 2.34 bits per heavy atom. The molecule has 0 radical (unpaired) electrons. The monoisotopic (exact) mass is 469 g/mol. The molecule has 178 valence electrons. The van der Waals surface area contributed by atoms with E-state index in [1.54, 1.807) is 53.7 Å². The van der Waals surface area contributed by atoms with Crippen LogP contribution in [0.25, 0.3) is 0 Å². The van der Waals surface area contributed by atoms with Crippen molar-refractivity contribution in [2.45, 2.75) is 78.2 Å². The maximum absolute atomic E-state index is 13.6. The normalized spacial score (nSPS) is 22.2. The molecule has 1 saturated heterocycles. The number of rotatable bonds is 5. The Hall–Kier alpha value is -2.55. The zero-order valence-corrected chi connectivity index (χ0v) is 20.3. The van der Waals surface area contributed by atoms with Gasteiger partial charge in [-0.05, 0) is 39.2 Å². The van der Waals surface area contributed by atoms with Crippen LogP contribution in [0.15, 0.2) is 18.3 Å². The molecule has 2 heterocycles. The average Bonchev–Trinajstić information content (AvgIpc) is 2.96. The Labute approximate surface area is 193 Å². The number of ether oxygens (including phenoxy) is 2. The predicted molar refractivity (Wildman–Crippen MR) is 119 cm³/mol. The minimum atomic E-state index is -1.52. The fourth-order valence-corrected chi connectivity index (χ4v) is 3.58. The lowest BCUT2D eigenvalue weighted by molar-refractivity contribution is -0.157. The van der Waals surface area contributed by atoms with Crippen LogP contribution in [0.1, 0.15) is 54.9 Å². The molecule has 1 aromatic rings. The fourth-order valence-electron chi connectivity index (χ4n) is 3.47. The summed E-state index contributed by atoms with van der Waals surface area (Å²) in [7, 11) is 0. The van der Waals surface area contributed by atoms with E-state index in [-0.39, 0.29) is 18.8 Å². The molecule has 32 heavy (non-hydrogen) atoms. The third-order valence-corrected chi connectivity index (χ3v) is 5.32. The summed E-state index contributed by atoms with van der Waals surface area (Å²) >= 11 is 5.85. The number of amides is 2. The van der Waals surface area contributed by atoms with Gasteiger partial charge in [-0.25, -0.2) is 14.6 Å². The van der Waals surface area contributed by atoms with Gasteiger partial charge in [0.2, 0.25) is 11.8 Å². The molecular formula is C22H32ClN3O6. The first-order chi connectivity index (χ1) is 14.5. The van der Waals surface area contributed by atoms with Gasteiger partial charge in [0.25, 0.3) is 0 Å². The quantitative estimate of drug-likeness (QED) is 0.677. The van der Waals surface area contributed by atoms with E-state index in [0.717, 1.165) is 0 Å². The van der Waals surface area contributed by atoms with Crippen molar-refractivity contribution in [3.05, 3.63) is 23.4 Å². The van der Waals surface area contributed by atoms with Crippen LogP contribution in [0.3, 0.4) is 0 Å². The minimum absolute atomic E-state index is 0.0223. The molecule has 3 atom stereocenters. The van der Waals surface area contributed by atoms with E-state index < -0.39 is 46.7 Å². The van der Waals surface area contributed by atoms with E-state index in [0.29, 0.717) is 5.02 Å². The van der Waals surface area contributed by atoms with Crippen molar-refractivity contribution in [3.8, 4) is 5.88 Å². The molecule has 1 unspecified atom stereocenters. The molecule has 1 aromatic heterocycles. The van der Waals surface area contributed by atoms with E-state index >= 15 is 0 Å². The molecule has 0 saturated carbocycles. The van der Waals surface area contributed by atoms with Crippen molar-refractivity contribution in [3.63, 3.8) is 0 Å². The number of nitrogens with one attached hydrogen (secondary N) is 1. The number of carboxylic acid groups (broad SMARTS) is 1. The first-order valence-corrected chi connectivity index (χ1v) is 10.7. The Morgan fingerprint density at radius 2 is 1.88 bits per heavy atom. The summed E-state index contributed by atoms with van der Waals surface area (Å²) in [5.74, 6) is -1.41. The predicted octanol–water partition coefficient (Wildman–Crippen LogP) is 3.50. The summed E-state index contributed by atoms with van der Waals surface area (Å²) in [4.78, 5) is 43.5. The number of carbonyl (C=O) groups is 3. The summed E-state index contributed by atoms with van der Waals surface area (Å²) in [5.41, 5.74) is -2.97. The zero-order chi connectivity index (χ0) is 24.5. The highest BCUT2D eigenvalue weighted by Crippen LogP contribution is 2.34. The molecule has 0 bridgehead atoms. The van der Waals surface area contributed by atoms with Gasteiger partial charge in [0, 0.05) is 18.7 Å². The van der Waals surface area contributed by atoms with Gasteiger partial charge in [0.15, 0.2) is 0 Å². The van der Waals surface area contributed by atoms with Crippen LogP contribution in [0.2, 0.25) is 5.02 Å². The minimum Gasteiger partial charge on any atom is -0.480 e. The summed E-state index contributed by atoms with van der Waals surface area (Å²) in [6, 6.07) is 2.18. The SMILES string of the molecule is CC(C)(C)OC(=O)NC(C(=O)N1C[C@H](Oc2ccc(Cl)cn2)C[C@@]1(C)C(=O)O)C(C)(C)C. The number of aliphatic carboxylic acids is 1. The van der Waals surface area contributed by atoms with E-state index in [9.17, 15) is 19.5 Å². The van der Waals surface area contributed by atoms with E-state index in [4.69, 9.17) is 21.1 Å². The Morgan fingerprint density at radius 1 is 1.25 bits per heavy atom. The molecule has 0 spiro atoms. The highest BCUT2D eigenvalue weighted by Gasteiger charge is 2.53. The summed E-state index contributed by atoms with van der Waals surface area (Å²) in [5, 5.41) is 13.0. The van der Waals surface area contributed by atoms with Crippen LogP contribution in [-0.4, -0.2) is 62.8 Å². The summed E-state index contributed by atoms with van der Waals surface area (Å²) in [6.07, 6.45) is 0.128. The molecule has 1 aliphatic rings. The van der Waals surface area contributed by atoms with Crippen LogP contribution >= 0.6 is 11.6 Å². The average molecular weight is 470 g/mol. The van der Waals surface area contributed by atoms with Crippen molar-refractivity contribution < 1.29 is 29.0 Å². The lowest BCUT2D eigenvalue weighted by Crippen LogP contribution is -2.60. The van der Waals surface area contributed by atoms with Crippen LogP contribution < -0.4 is 10.1 Å². The maximum Gasteiger partial charge on any atom is 0.408 e. The van der Waals surface area contributed by atoms with Gasteiger partial charge >= 0.3 is 12.1 Å². The largest absolute Gasteiger partial charge is 0.480 e. The summed E-state index contributed by atoms with van der Waals surface area (Å²) in [6.45, 7) is 12.0. The van der Waals surface area contributed by atoms with Crippen molar-refractivity contribution in [2.75, 3.05) is 6.54 Å². The van der Waals surface area contributed by atoms with Gasteiger partial charge in [-0.3, -0.25) is 4.79 Å². The van der Waals surface area contributed by atoms with Crippen LogP contribution in [0.4, 0.5) is 4.79 Å². The third kappa shape index (κ3) is 6.25. The molecular weight excluding hydrogens is 438 g/mol. The molecule has 10 heteroatoms. The molecule has 0 aromatic carbocycles. The molecule has 0 aliphatic carbocycles. The molecule has 9 nitrogen and oxygen atoms in total. The molecule has 2 amide bonds. The first kappa shape index (κ1) is 25.7. The van der Waals surface area contributed by atoms with Gasteiger partial charge in [0.05, 0.1) is 11.6 Å². The number of carbonyl (C=O) groups excluding carboxylic acids is 2. The van der Waals surface area contributed by atoms with Gasteiger partial charge in [0.1, 0.15) is 23.3 Å². The molecule has 1 fully saturated rings. The number of hydrogen-bond acceptors (Lipinski definition) is 6. The Balaban J connectivity index is 2.28. The third-order valence-electron chi connectivity index (χ3n) is 5.10. The highest BCUT2D eigenvalue weighted by molar-refractivity contribution is 6.30. The van der Waals surface area contributed by atoms with Crippen molar-refractivity contribution in [1.82, 2.24) is 15.2 Å². The fraction of sp³-hybridized carbons (Fsp3) is 0.636. The second-order valence-corrected chi connectivity index (χ2v) is 10.7. The number of likely N-dealkylation sites (tertiary alicyclic amines) is 1. The van der Waals surface area contributed by atoms with Gasteiger partial charge < -0.3 is 24.8 Å². The van der Waals surface area contributed by atoms with Crippen LogP contribution in [0.5, 0.6) is 5.88 Å². The number of alkyl carbamates (subject to hydrolysis) is 1.